The van der Waals surface area contributed by atoms with Crippen molar-refractivity contribution in [3.8, 4) is 12.1 Å². The van der Waals surface area contributed by atoms with Gasteiger partial charge < -0.3 is 4.90 Å². The lowest BCUT2D eigenvalue weighted by molar-refractivity contribution is 0.571. The topological polar surface area (TPSA) is 50.8 Å². The number of nitriles is 2. The number of anilines is 1. The quantitative estimate of drug-likeness (QED) is 0.462. The standard InChI is InChI=1S/C21H17N3S3/c1-21(12-23)6-4-13(5-7-21)14(11-22)8-15-9-16-19(25-15)20-17(26-16)10-18(27-20)24(2)3/h4-6,8-10H,7H2,1-3H3/b14-8+. The van der Waals surface area contributed by atoms with Gasteiger partial charge in [0.05, 0.1) is 37.5 Å². The molecule has 3 nitrogen and oxygen atoms in total. The predicted molar refractivity (Wildman–Crippen MR) is 119 cm³/mol. The molecule has 4 rings (SSSR count). The van der Waals surface area contributed by atoms with Crippen molar-refractivity contribution in [3.63, 3.8) is 0 Å². The van der Waals surface area contributed by atoms with Gasteiger partial charge in [0.15, 0.2) is 0 Å². The minimum absolute atomic E-state index is 0.468. The lowest BCUT2D eigenvalue weighted by Gasteiger charge is -2.19. The van der Waals surface area contributed by atoms with Crippen LogP contribution >= 0.6 is 34.0 Å². The van der Waals surface area contributed by atoms with Crippen LogP contribution in [0.1, 0.15) is 18.2 Å². The Morgan fingerprint density at radius 1 is 1.15 bits per heavy atom. The van der Waals surface area contributed by atoms with Gasteiger partial charge in [-0.25, -0.2) is 0 Å². The van der Waals surface area contributed by atoms with Gasteiger partial charge >= 0.3 is 0 Å². The first-order valence-corrected chi connectivity index (χ1v) is 10.9. The largest absolute Gasteiger partial charge is 0.370 e. The Morgan fingerprint density at radius 3 is 2.52 bits per heavy atom. The highest BCUT2D eigenvalue weighted by atomic mass is 32.1. The lowest BCUT2D eigenvalue weighted by Crippen LogP contribution is -2.11. The lowest BCUT2D eigenvalue weighted by atomic mass is 9.82. The van der Waals surface area contributed by atoms with E-state index in [1.807, 2.05) is 53.9 Å². The first-order chi connectivity index (χ1) is 12.9. The number of thiophene rings is 3. The fraction of sp³-hybridized carbons (Fsp3) is 0.238. The summed E-state index contributed by atoms with van der Waals surface area (Å²) in [6, 6.07) is 9.06. The highest BCUT2D eigenvalue weighted by Crippen LogP contribution is 2.46. The second-order valence-corrected chi connectivity index (χ2v) is 10.2. The third-order valence-corrected chi connectivity index (χ3v) is 8.51. The van der Waals surface area contributed by atoms with E-state index in [9.17, 15) is 10.5 Å². The van der Waals surface area contributed by atoms with Crippen LogP contribution in [0.5, 0.6) is 0 Å². The Morgan fingerprint density at radius 2 is 1.89 bits per heavy atom. The molecule has 0 amide bonds. The Hall–Kier alpha value is -2.38. The molecule has 0 N–H and O–H groups in total. The zero-order valence-electron chi connectivity index (χ0n) is 15.2. The van der Waals surface area contributed by atoms with E-state index in [2.05, 4.69) is 43.3 Å². The van der Waals surface area contributed by atoms with E-state index >= 15 is 0 Å². The molecule has 1 aliphatic rings. The highest BCUT2D eigenvalue weighted by molar-refractivity contribution is 7.39. The molecular weight excluding hydrogens is 390 g/mol. The molecule has 3 heterocycles. The van der Waals surface area contributed by atoms with Gasteiger partial charge in [-0.05, 0) is 37.1 Å². The van der Waals surface area contributed by atoms with E-state index in [0.717, 1.165) is 10.5 Å². The first kappa shape index (κ1) is 18.0. The van der Waals surface area contributed by atoms with Crippen LogP contribution in [0.15, 0.2) is 41.5 Å². The maximum Gasteiger partial charge on any atom is 0.0998 e. The zero-order valence-corrected chi connectivity index (χ0v) is 17.7. The van der Waals surface area contributed by atoms with Crippen molar-refractivity contribution >= 4 is 63.9 Å². The van der Waals surface area contributed by atoms with Crippen molar-refractivity contribution in [2.75, 3.05) is 19.0 Å². The van der Waals surface area contributed by atoms with Crippen LogP contribution in [0.2, 0.25) is 0 Å². The van der Waals surface area contributed by atoms with Gasteiger partial charge in [-0.15, -0.1) is 34.0 Å². The molecule has 0 bridgehead atoms. The van der Waals surface area contributed by atoms with Crippen LogP contribution in [-0.4, -0.2) is 14.1 Å². The summed E-state index contributed by atoms with van der Waals surface area (Å²) in [7, 11) is 4.13. The van der Waals surface area contributed by atoms with Gasteiger partial charge in [-0.1, -0.05) is 18.2 Å². The van der Waals surface area contributed by atoms with Gasteiger partial charge in [0, 0.05) is 28.4 Å². The van der Waals surface area contributed by atoms with E-state index in [1.54, 1.807) is 11.3 Å². The van der Waals surface area contributed by atoms with Gasteiger partial charge in [0.25, 0.3) is 0 Å². The van der Waals surface area contributed by atoms with Gasteiger partial charge in [-0.3, -0.25) is 0 Å². The number of hydrogen-bond acceptors (Lipinski definition) is 6. The summed E-state index contributed by atoms with van der Waals surface area (Å²) in [6.45, 7) is 1.91. The third-order valence-electron chi connectivity index (χ3n) is 4.62. The molecule has 6 heteroatoms. The molecule has 1 unspecified atom stereocenters. The number of nitrogens with zero attached hydrogens (tertiary/aromatic N) is 3. The Bertz CT molecular complexity index is 1220. The van der Waals surface area contributed by atoms with Crippen LogP contribution in [0.25, 0.3) is 24.9 Å². The number of fused-ring (bicyclic) bond motifs is 3. The van der Waals surface area contributed by atoms with Gasteiger partial charge in [-0.2, -0.15) is 10.5 Å². The minimum atomic E-state index is -0.468. The Balaban J connectivity index is 1.70. The van der Waals surface area contributed by atoms with Crippen LogP contribution < -0.4 is 4.90 Å². The minimum Gasteiger partial charge on any atom is -0.370 e. The Kier molecular flexibility index (Phi) is 4.44. The molecule has 3 aromatic heterocycles. The molecule has 1 atom stereocenters. The third kappa shape index (κ3) is 3.21. The average Bonchev–Trinajstić information content (AvgIpc) is 3.31. The van der Waals surface area contributed by atoms with Crippen LogP contribution in [-0.2, 0) is 0 Å². The average molecular weight is 408 g/mol. The number of rotatable bonds is 3. The van der Waals surface area contributed by atoms with Crippen molar-refractivity contribution in [3.05, 3.63) is 46.4 Å². The molecule has 134 valence electrons. The van der Waals surface area contributed by atoms with E-state index in [0.29, 0.717) is 12.0 Å². The molecule has 0 aliphatic heterocycles. The number of allylic oxidation sites excluding steroid dienone is 5. The van der Waals surface area contributed by atoms with E-state index < -0.39 is 5.41 Å². The molecule has 3 aromatic rings. The van der Waals surface area contributed by atoms with Crippen LogP contribution in [0.3, 0.4) is 0 Å². The van der Waals surface area contributed by atoms with Crippen molar-refractivity contribution in [2.24, 2.45) is 5.41 Å². The summed E-state index contributed by atoms with van der Waals surface area (Å²) >= 11 is 5.37. The summed E-state index contributed by atoms with van der Waals surface area (Å²) in [6.07, 6.45) is 8.40. The highest BCUT2D eigenvalue weighted by Gasteiger charge is 2.22. The molecular formula is C21H17N3S3. The van der Waals surface area contributed by atoms with Crippen molar-refractivity contribution in [1.29, 1.82) is 10.5 Å². The Labute approximate surface area is 170 Å². The second-order valence-electron chi connectivity index (χ2n) is 7.01. The van der Waals surface area contributed by atoms with Crippen molar-refractivity contribution < 1.29 is 0 Å². The smallest absolute Gasteiger partial charge is 0.0998 e. The molecule has 0 saturated heterocycles. The molecule has 0 saturated carbocycles. The molecule has 0 fully saturated rings. The predicted octanol–water partition coefficient (Wildman–Crippen LogP) is 6.57. The normalized spacial score (nSPS) is 19.9. The summed E-state index contributed by atoms with van der Waals surface area (Å²) < 4.78 is 5.25. The molecule has 27 heavy (non-hydrogen) atoms. The summed E-state index contributed by atoms with van der Waals surface area (Å²) in [5.74, 6) is 0. The molecule has 1 aliphatic carbocycles. The van der Waals surface area contributed by atoms with E-state index in [4.69, 9.17) is 0 Å². The van der Waals surface area contributed by atoms with Crippen molar-refractivity contribution in [1.82, 2.24) is 0 Å². The zero-order chi connectivity index (χ0) is 19.2. The maximum atomic E-state index is 9.63. The molecule has 0 spiro atoms. The fourth-order valence-electron chi connectivity index (χ4n) is 2.97. The molecule has 0 radical (unpaired) electrons. The SMILES string of the molecule is CN(C)c1cc2sc3cc(/C=C(\C#N)C4=CCC(C)(C#N)C=C4)sc3c2s1. The van der Waals surface area contributed by atoms with Crippen LogP contribution in [0, 0.1) is 28.1 Å². The van der Waals surface area contributed by atoms with Crippen LogP contribution in [0.4, 0.5) is 5.00 Å². The van der Waals surface area contributed by atoms with Crippen molar-refractivity contribution in [2.45, 2.75) is 13.3 Å². The number of hydrogen-bond donors (Lipinski definition) is 0. The van der Waals surface area contributed by atoms with Gasteiger partial charge in [0.2, 0.25) is 0 Å². The first-order valence-electron chi connectivity index (χ1n) is 8.48. The second kappa shape index (κ2) is 6.65. The maximum absolute atomic E-state index is 9.63. The van der Waals surface area contributed by atoms with E-state index in [1.165, 1.54) is 23.8 Å². The van der Waals surface area contributed by atoms with Gasteiger partial charge in [0.1, 0.15) is 0 Å². The summed E-state index contributed by atoms with van der Waals surface area (Å²) in [5, 5.41) is 20.1. The molecule has 0 aromatic carbocycles. The summed E-state index contributed by atoms with van der Waals surface area (Å²) in [4.78, 5) is 3.24. The fourth-order valence-corrected chi connectivity index (χ4v) is 6.86. The monoisotopic (exact) mass is 407 g/mol. The summed E-state index contributed by atoms with van der Waals surface area (Å²) in [5.41, 5.74) is 1.08. The van der Waals surface area contributed by atoms with E-state index in [-0.39, 0.29) is 0 Å².